The van der Waals surface area contributed by atoms with Gasteiger partial charge in [0.2, 0.25) is 0 Å². The van der Waals surface area contributed by atoms with Gasteiger partial charge >= 0.3 is 0 Å². The first-order valence-corrected chi connectivity index (χ1v) is 6.18. The van der Waals surface area contributed by atoms with Crippen LogP contribution in [0.2, 0.25) is 0 Å². The van der Waals surface area contributed by atoms with E-state index >= 15 is 0 Å². The Kier molecular flexibility index (Phi) is 3.21. The first kappa shape index (κ1) is 12.5. The fourth-order valence-corrected chi connectivity index (χ4v) is 3.20. The second-order valence-corrected chi connectivity index (χ2v) is 4.91. The van der Waals surface area contributed by atoms with Crippen LogP contribution in [0.3, 0.4) is 0 Å². The maximum atomic E-state index is 13.7. The van der Waals surface area contributed by atoms with Crippen molar-refractivity contribution in [3.05, 3.63) is 35.4 Å². The zero-order valence-electron chi connectivity index (χ0n) is 10.2. The first-order chi connectivity index (χ1) is 8.05. The normalized spacial score (nSPS) is 26.6. The average Bonchev–Trinajstić information content (AvgIpc) is 2.29. The molecule has 1 aliphatic rings. The van der Waals surface area contributed by atoms with E-state index in [1.165, 1.54) is 12.1 Å². The van der Waals surface area contributed by atoms with E-state index in [1.807, 2.05) is 13.8 Å². The lowest BCUT2D eigenvalue weighted by Gasteiger charge is -2.53. The molecule has 3 heteroatoms. The second-order valence-electron chi connectivity index (χ2n) is 4.91. The molecule has 0 amide bonds. The summed E-state index contributed by atoms with van der Waals surface area (Å²) in [5.74, 6) is -1.04. The maximum Gasteiger partial charge on any atom is 0.129 e. The van der Waals surface area contributed by atoms with Gasteiger partial charge in [0.1, 0.15) is 11.6 Å². The molecule has 0 aromatic heterocycles. The molecule has 0 saturated heterocycles. The van der Waals surface area contributed by atoms with E-state index < -0.39 is 11.6 Å². The topological polar surface area (TPSA) is 20.2 Å². The summed E-state index contributed by atoms with van der Waals surface area (Å²) < 4.78 is 26.6. The Balaban J connectivity index is 2.35. The average molecular weight is 240 g/mol. The van der Waals surface area contributed by atoms with Gasteiger partial charge in [-0.25, -0.2) is 8.78 Å². The van der Waals surface area contributed by atoms with Gasteiger partial charge in [-0.2, -0.15) is 0 Å². The standard InChI is InChI=1S/C14H18F2O/c1-3-14(4-2)11(8-13(14)17)10-6-5-9(15)7-12(10)16/h5-7,11,13,17H,3-4,8H2,1-2H3. The molecule has 1 N–H and O–H groups in total. The molecule has 0 aliphatic heterocycles. The quantitative estimate of drug-likeness (QED) is 0.855. The van der Waals surface area contributed by atoms with Gasteiger partial charge in [0.25, 0.3) is 0 Å². The Bertz CT molecular complexity index is 413. The Morgan fingerprint density at radius 1 is 1.29 bits per heavy atom. The molecule has 1 aromatic carbocycles. The van der Waals surface area contributed by atoms with Crippen molar-refractivity contribution < 1.29 is 13.9 Å². The van der Waals surface area contributed by atoms with Gasteiger partial charge < -0.3 is 5.11 Å². The molecule has 0 radical (unpaired) electrons. The summed E-state index contributed by atoms with van der Waals surface area (Å²) in [6.07, 6.45) is 1.83. The third kappa shape index (κ3) is 1.77. The Labute approximate surface area is 100 Å². The van der Waals surface area contributed by atoms with Crippen molar-refractivity contribution in [2.45, 2.75) is 45.1 Å². The molecule has 0 heterocycles. The van der Waals surface area contributed by atoms with Crippen molar-refractivity contribution in [3.8, 4) is 0 Å². The lowest BCUT2D eigenvalue weighted by atomic mass is 9.53. The van der Waals surface area contributed by atoms with Gasteiger partial charge in [0.05, 0.1) is 6.10 Å². The van der Waals surface area contributed by atoms with Crippen LogP contribution in [0.25, 0.3) is 0 Å². The molecule has 1 aromatic rings. The third-order valence-electron chi connectivity index (χ3n) is 4.47. The Morgan fingerprint density at radius 2 is 1.94 bits per heavy atom. The molecular weight excluding hydrogens is 222 g/mol. The predicted octanol–water partition coefficient (Wildman–Crippen LogP) is 3.62. The minimum atomic E-state index is -0.551. The predicted molar refractivity (Wildman–Crippen MR) is 62.7 cm³/mol. The van der Waals surface area contributed by atoms with Crippen LogP contribution in [0.15, 0.2) is 18.2 Å². The summed E-state index contributed by atoms with van der Waals surface area (Å²) in [5, 5.41) is 9.94. The minimum absolute atomic E-state index is 0.00750. The molecule has 94 valence electrons. The summed E-state index contributed by atoms with van der Waals surface area (Å²) in [5.41, 5.74) is 0.305. The number of hydrogen-bond donors (Lipinski definition) is 1. The van der Waals surface area contributed by atoms with Crippen molar-refractivity contribution in [1.82, 2.24) is 0 Å². The Hall–Kier alpha value is -0.960. The van der Waals surface area contributed by atoms with Crippen LogP contribution in [0, 0.1) is 17.0 Å². The van der Waals surface area contributed by atoms with E-state index in [0.717, 1.165) is 18.9 Å². The van der Waals surface area contributed by atoms with Crippen LogP contribution in [-0.4, -0.2) is 11.2 Å². The van der Waals surface area contributed by atoms with Crippen LogP contribution in [0.5, 0.6) is 0 Å². The molecule has 2 rings (SSSR count). The number of aliphatic hydroxyl groups is 1. The van der Waals surface area contributed by atoms with Crippen LogP contribution in [-0.2, 0) is 0 Å². The number of benzene rings is 1. The van der Waals surface area contributed by atoms with E-state index in [1.54, 1.807) is 0 Å². The number of halogens is 2. The van der Waals surface area contributed by atoms with Crippen LogP contribution >= 0.6 is 0 Å². The first-order valence-electron chi connectivity index (χ1n) is 6.18. The highest BCUT2D eigenvalue weighted by atomic mass is 19.1. The van der Waals surface area contributed by atoms with Crippen molar-refractivity contribution in [2.75, 3.05) is 0 Å². The lowest BCUT2D eigenvalue weighted by molar-refractivity contribution is -0.0941. The van der Waals surface area contributed by atoms with E-state index in [2.05, 4.69) is 0 Å². The molecule has 17 heavy (non-hydrogen) atoms. The van der Waals surface area contributed by atoms with Gasteiger partial charge in [-0.15, -0.1) is 0 Å². The zero-order chi connectivity index (χ0) is 12.6. The molecule has 2 unspecified atom stereocenters. The molecule has 0 bridgehead atoms. The summed E-state index contributed by atoms with van der Waals surface area (Å²) in [7, 11) is 0. The van der Waals surface area contributed by atoms with Crippen LogP contribution in [0.4, 0.5) is 8.78 Å². The van der Waals surface area contributed by atoms with Gasteiger partial charge in [-0.05, 0) is 36.8 Å². The van der Waals surface area contributed by atoms with Crippen molar-refractivity contribution in [2.24, 2.45) is 5.41 Å². The van der Waals surface area contributed by atoms with Gasteiger partial charge in [-0.1, -0.05) is 19.9 Å². The lowest BCUT2D eigenvalue weighted by Crippen LogP contribution is -2.51. The van der Waals surface area contributed by atoms with Gasteiger partial charge in [-0.3, -0.25) is 0 Å². The van der Waals surface area contributed by atoms with E-state index in [0.29, 0.717) is 12.0 Å². The fraction of sp³-hybridized carbons (Fsp3) is 0.571. The number of aliphatic hydroxyl groups excluding tert-OH is 1. The molecule has 1 saturated carbocycles. The molecule has 0 spiro atoms. The van der Waals surface area contributed by atoms with Crippen molar-refractivity contribution >= 4 is 0 Å². The number of hydrogen-bond acceptors (Lipinski definition) is 1. The smallest absolute Gasteiger partial charge is 0.129 e. The van der Waals surface area contributed by atoms with E-state index in [-0.39, 0.29) is 17.4 Å². The maximum absolute atomic E-state index is 13.7. The summed E-state index contributed by atoms with van der Waals surface area (Å²) in [6.45, 7) is 4.03. The van der Waals surface area contributed by atoms with E-state index in [4.69, 9.17) is 0 Å². The van der Waals surface area contributed by atoms with Gasteiger partial charge in [0, 0.05) is 11.5 Å². The summed E-state index contributed by atoms with van der Waals surface area (Å²) >= 11 is 0. The van der Waals surface area contributed by atoms with Crippen molar-refractivity contribution in [1.29, 1.82) is 0 Å². The van der Waals surface area contributed by atoms with Crippen LogP contribution in [0.1, 0.15) is 44.6 Å². The summed E-state index contributed by atoms with van der Waals surface area (Å²) in [4.78, 5) is 0. The molecular formula is C14H18F2O. The van der Waals surface area contributed by atoms with Crippen LogP contribution < -0.4 is 0 Å². The molecule has 1 aliphatic carbocycles. The molecule has 1 fully saturated rings. The largest absolute Gasteiger partial charge is 0.393 e. The van der Waals surface area contributed by atoms with E-state index in [9.17, 15) is 13.9 Å². The minimum Gasteiger partial charge on any atom is -0.393 e. The third-order valence-corrected chi connectivity index (χ3v) is 4.47. The van der Waals surface area contributed by atoms with Gasteiger partial charge in [0.15, 0.2) is 0 Å². The molecule has 2 atom stereocenters. The fourth-order valence-electron chi connectivity index (χ4n) is 3.20. The molecule has 1 nitrogen and oxygen atoms in total. The highest BCUT2D eigenvalue weighted by molar-refractivity contribution is 5.29. The second kappa shape index (κ2) is 4.37. The highest BCUT2D eigenvalue weighted by Gasteiger charge is 2.52. The highest BCUT2D eigenvalue weighted by Crippen LogP contribution is 2.57. The Morgan fingerprint density at radius 3 is 2.41 bits per heavy atom. The monoisotopic (exact) mass is 240 g/mol. The SMILES string of the molecule is CCC1(CC)C(O)CC1c1ccc(F)cc1F. The zero-order valence-corrected chi connectivity index (χ0v) is 10.2. The number of rotatable bonds is 3. The summed E-state index contributed by atoms with van der Waals surface area (Å²) in [6, 6.07) is 3.73. The van der Waals surface area contributed by atoms with Crippen molar-refractivity contribution in [3.63, 3.8) is 0 Å².